The number of hydrogen-bond acceptors (Lipinski definition) is 4. The molecule has 0 amide bonds. The van der Waals surface area contributed by atoms with E-state index in [1.165, 1.54) is 0 Å². The summed E-state index contributed by atoms with van der Waals surface area (Å²) in [6.07, 6.45) is 0. The molecule has 6 nitrogen and oxygen atoms in total. The SMILES string of the molecule is COCN(c1cc(C)cc(C)c1)c1[nH]c(=O)[nH]c(=O)c1C(C)C. The van der Waals surface area contributed by atoms with Crippen molar-refractivity contribution in [2.45, 2.75) is 33.6 Å². The number of benzene rings is 1. The largest absolute Gasteiger partial charge is 0.364 e. The Morgan fingerprint density at radius 1 is 1.09 bits per heavy atom. The second-order valence-corrected chi connectivity index (χ2v) is 6.02. The molecule has 0 bridgehead atoms. The first-order chi connectivity index (χ1) is 10.8. The molecule has 0 fully saturated rings. The van der Waals surface area contributed by atoms with Gasteiger partial charge in [0.2, 0.25) is 0 Å². The van der Waals surface area contributed by atoms with Crippen LogP contribution in [0.1, 0.15) is 36.5 Å². The number of aromatic nitrogens is 2. The highest BCUT2D eigenvalue weighted by Gasteiger charge is 2.20. The Morgan fingerprint density at radius 3 is 2.22 bits per heavy atom. The molecule has 0 saturated heterocycles. The van der Waals surface area contributed by atoms with Crippen LogP contribution >= 0.6 is 0 Å². The van der Waals surface area contributed by atoms with Gasteiger partial charge in [-0.15, -0.1) is 0 Å². The van der Waals surface area contributed by atoms with Crippen molar-refractivity contribution >= 4 is 11.5 Å². The molecule has 0 saturated carbocycles. The van der Waals surface area contributed by atoms with E-state index < -0.39 is 5.69 Å². The Kier molecular flexibility index (Phi) is 5.05. The van der Waals surface area contributed by atoms with Crippen LogP contribution < -0.4 is 16.1 Å². The van der Waals surface area contributed by atoms with Gasteiger partial charge in [0.1, 0.15) is 12.5 Å². The first kappa shape index (κ1) is 17.0. The zero-order chi connectivity index (χ0) is 17.1. The molecular weight excluding hydrogens is 294 g/mol. The summed E-state index contributed by atoms with van der Waals surface area (Å²) in [5.74, 6) is 0.427. The summed E-state index contributed by atoms with van der Waals surface area (Å²) >= 11 is 0. The molecular formula is C17H23N3O3. The number of rotatable bonds is 5. The van der Waals surface area contributed by atoms with Crippen molar-refractivity contribution < 1.29 is 4.74 Å². The number of H-pyrrole nitrogens is 2. The van der Waals surface area contributed by atoms with E-state index in [0.717, 1.165) is 16.8 Å². The normalized spacial score (nSPS) is 11.0. The quantitative estimate of drug-likeness (QED) is 0.831. The molecule has 2 N–H and O–H groups in total. The van der Waals surface area contributed by atoms with E-state index in [2.05, 4.69) is 16.0 Å². The average molecular weight is 317 g/mol. The van der Waals surface area contributed by atoms with Crippen LogP contribution in [-0.2, 0) is 4.74 Å². The topological polar surface area (TPSA) is 78.2 Å². The van der Waals surface area contributed by atoms with Crippen molar-refractivity contribution in [2.24, 2.45) is 0 Å². The van der Waals surface area contributed by atoms with Crippen LogP contribution in [0.3, 0.4) is 0 Å². The zero-order valence-electron chi connectivity index (χ0n) is 14.2. The monoisotopic (exact) mass is 317 g/mol. The highest BCUT2D eigenvalue weighted by Crippen LogP contribution is 2.29. The smallest absolute Gasteiger partial charge is 0.327 e. The van der Waals surface area contributed by atoms with Gasteiger partial charge < -0.3 is 9.64 Å². The molecule has 124 valence electrons. The molecule has 0 aliphatic carbocycles. The first-order valence-electron chi connectivity index (χ1n) is 7.54. The number of anilines is 2. The molecule has 0 unspecified atom stereocenters. The van der Waals surface area contributed by atoms with Gasteiger partial charge in [-0.05, 0) is 43.0 Å². The van der Waals surface area contributed by atoms with Gasteiger partial charge in [0.05, 0.1) is 5.56 Å². The molecule has 1 aromatic carbocycles. The number of nitrogens with one attached hydrogen (secondary N) is 2. The molecule has 2 rings (SSSR count). The van der Waals surface area contributed by atoms with Crippen LogP contribution in [0.15, 0.2) is 27.8 Å². The van der Waals surface area contributed by atoms with E-state index in [9.17, 15) is 9.59 Å². The van der Waals surface area contributed by atoms with Crippen molar-refractivity contribution in [1.29, 1.82) is 0 Å². The van der Waals surface area contributed by atoms with Crippen LogP contribution in [0.4, 0.5) is 11.5 Å². The second kappa shape index (κ2) is 6.83. The highest BCUT2D eigenvalue weighted by atomic mass is 16.5. The minimum absolute atomic E-state index is 0.0455. The molecule has 6 heteroatoms. The summed E-state index contributed by atoms with van der Waals surface area (Å²) in [7, 11) is 1.58. The summed E-state index contributed by atoms with van der Waals surface area (Å²) in [5.41, 5.74) is 2.69. The van der Waals surface area contributed by atoms with Crippen LogP contribution in [0.2, 0.25) is 0 Å². The van der Waals surface area contributed by atoms with Gasteiger partial charge in [0, 0.05) is 12.8 Å². The van der Waals surface area contributed by atoms with E-state index >= 15 is 0 Å². The lowest BCUT2D eigenvalue weighted by atomic mass is 10.0. The van der Waals surface area contributed by atoms with Gasteiger partial charge in [0.25, 0.3) is 5.56 Å². The number of methoxy groups -OCH3 is 1. The molecule has 2 aromatic rings. The second-order valence-electron chi connectivity index (χ2n) is 6.02. The fourth-order valence-electron chi connectivity index (χ4n) is 2.74. The van der Waals surface area contributed by atoms with Gasteiger partial charge in [-0.3, -0.25) is 14.8 Å². The third-order valence-electron chi connectivity index (χ3n) is 3.58. The van der Waals surface area contributed by atoms with Gasteiger partial charge in [-0.25, -0.2) is 4.79 Å². The molecule has 1 aromatic heterocycles. The van der Waals surface area contributed by atoms with Gasteiger partial charge >= 0.3 is 5.69 Å². The Labute approximate surface area is 135 Å². The van der Waals surface area contributed by atoms with Crippen molar-refractivity contribution in [3.05, 3.63) is 55.7 Å². The van der Waals surface area contributed by atoms with Crippen LogP contribution in [-0.4, -0.2) is 23.8 Å². The number of nitrogens with zero attached hydrogens (tertiary/aromatic N) is 1. The van der Waals surface area contributed by atoms with E-state index in [1.807, 2.05) is 44.7 Å². The predicted molar refractivity (Wildman–Crippen MR) is 91.7 cm³/mol. The van der Waals surface area contributed by atoms with Crippen molar-refractivity contribution in [3.63, 3.8) is 0 Å². The molecule has 23 heavy (non-hydrogen) atoms. The number of aromatic amines is 2. The van der Waals surface area contributed by atoms with Crippen molar-refractivity contribution in [3.8, 4) is 0 Å². The van der Waals surface area contributed by atoms with Gasteiger partial charge in [-0.1, -0.05) is 19.9 Å². The number of hydrogen-bond donors (Lipinski definition) is 2. The highest BCUT2D eigenvalue weighted by molar-refractivity contribution is 5.64. The van der Waals surface area contributed by atoms with Crippen LogP contribution in [0, 0.1) is 13.8 Å². The van der Waals surface area contributed by atoms with E-state index in [0.29, 0.717) is 11.4 Å². The van der Waals surface area contributed by atoms with Crippen molar-refractivity contribution in [2.75, 3.05) is 18.7 Å². The van der Waals surface area contributed by atoms with Gasteiger partial charge in [-0.2, -0.15) is 0 Å². The minimum Gasteiger partial charge on any atom is -0.364 e. The zero-order valence-corrected chi connectivity index (χ0v) is 14.2. The van der Waals surface area contributed by atoms with E-state index in [4.69, 9.17) is 4.74 Å². The first-order valence-corrected chi connectivity index (χ1v) is 7.54. The maximum Gasteiger partial charge on any atom is 0.327 e. The minimum atomic E-state index is -0.528. The van der Waals surface area contributed by atoms with E-state index in [-0.39, 0.29) is 18.2 Å². The molecule has 0 atom stereocenters. The maximum absolute atomic E-state index is 12.2. The summed E-state index contributed by atoms with van der Waals surface area (Å²) in [6, 6.07) is 6.06. The summed E-state index contributed by atoms with van der Waals surface area (Å²) in [4.78, 5) is 30.9. The average Bonchev–Trinajstić information content (AvgIpc) is 2.42. The fraction of sp³-hybridized carbons (Fsp3) is 0.412. The van der Waals surface area contributed by atoms with Crippen molar-refractivity contribution in [1.82, 2.24) is 9.97 Å². The lowest BCUT2D eigenvalue weighted by Gasteiger charge is -2.26. The number of aryl methyl sites for hydroxylation is 2. The summed E-state index contributed by atoms with van der Waals surface area (Å²) in [6.45, 7) is 8.07. The third kappa shape index (κ3) is 3.71. The lowest BCUT2D eigenvalue weighted by molar-refractivity contribution is 0.205. The summed E-state index contributed by atoms with van der Waals surface area (Å²) in [5, 5.41) is 0. The Hall–Kier alpha value is -2.34. The van der Waals surface area contributed by atoms with E-state index in [1.54, 1.807) is 7.11 Å². The molecule has 0 radical (unpaired) electrons. The van der Waals surface area contributed by atoms with Crippen LogP contribution in [0.25, 0.3) is 0 Å². The number of ether oxygens (including phenoxy) is 1. The standard InChI is InChI=1S/C17H23N3O3/c1-10(2)14-15(18-17(22)19-16(14)21)20(9-23-5)13-7-11(3)6-12(4)8-13/h6-8,10H,9H2,1-5H3,(H2,18,19,21,22). The lowest BCUT2D eigenvalue weighted by Crippen LogP contribution is -2.33. The maximum atomic E-state index is 12.2. The molecule has 1 heterocycles. The van der Waals surface area contributed by atoms with Gasteiger partial charge in [0.15, 0.2) is 0 Å². The fourth-order valence-corrected chi connectivity index (χ4v) is 2.74. The Balaban J connectivity index is 2.71. The van der Waals surface area contributed by atoms with Crippen LogP contribution in [0.5, 0.6) is 0 Å². The summed E-state index contributed by atoms with van der Waals surface area (Å²) < 4.78 is 5.30. The Bertz CT molecular complexity index is 785. The predicted octanol–water partition coefficient (Wildman–Crippen LogP) is 2.55. The molecule has 0 spiro atoms. The molecule has 0 aliphatic heterocycles. The molecule has 0 aliphatic rings. The Morgan fingerprint density at radius 2 is 1.70 bits per heavy atom. The third-order valence-corrected chi connectivity index (χ3v) is 3.58.